The molecule has 0 fully saturated rings. The van der Waals surface area contributed by atoms with Crippen LogP contribution in [-0.2, 0) is 44.2 Å². The zero-order chi connectivity index (χ0) is 29.2. The Hall–Kier alpha value is -4.99. The van der Waals surface area contributed by atoms with Gasteiger partial charge in [-0.2, -0.15) is 0 Å². The number of benzene rings is 2. The predicted molar refractivity (Wildman–Crippen MR) is 156 cm³/mol. The van der Waals surface area contributed by atoms with Crippen LogP contribution < -0.4 is 15.2 Å². The van der Waals surface area contributed by atoms with E-state index in [0.717, 1.165) is 45.6 Å². The summed E-state index contributed by atoms with van der Waals surface area (Å²) in [5, 5.41) is 0.931. The summed E-state index contributed by atoms with van der Waals surface area (Å²) >= 11 is 0. The number of methoxy groups -OCH3 is 1. The number of carbonyl (C=O) groups is 2. The van der Waals surface area contributed by atoms with Gasteiger partial charge < -0.3 is 23.7 Å². The molecule has 0 bridgehead atoms. The van der Waals surface area contributed by atoms with E-state index in [9.17, 15) is 14.4 Å². The van der Waals surface area contributed by atoms with Crippen molar-refractivity contribution in [3.63, 3.8) is 0 Å². The van der Waals surface area contributed by atoms with Crippen molar-refractivity contribution in [3.8, 4) is 17.1 Å². The molecule has 10 heteroatoms. The zero-order valence-corrected chi connectivity index (χ0v) is 23.5. The van der Waals surface area contributed by atoms with Crippen molar-refractivity contribution in [3.05, 3.63) is 81.1 Å². The van der Waals surface area contributed by atoms with Gasteiger partial charge in [0.05, 0.1) is 59.2 Å². The first-order valence-corrected chi connectivity index (χ1v) is 13.9. The van der Waals surface area contributed by atoms with Crippen molar-refractivity contribution >= 4 is 40.6 Å². The predicted octanol–water partition coefficient (Wildman–Crippen LogP) is 4.38. The Labute approximate surface area is 241 Å². The summed E-state index contributed by atoms with van der Waals surface area (Å²) in [6.07, 6.45) is 2.73. The van der Waals surface area contributed by atoms with Crippen LogP contribution in [0.25, 0.3) is 22.3 Å². The summed E-state index contributed by atoms with van der Waals surface area (Å²) in [6.45, 7) is 3.75. The number of nitrogens with zero attached hydrogens (tertiary/aromatic N) is 4. The maximum atomic E-state index is 13.9. The van der Waals surface area contributed by atoms with Gasteiger partial charge >= 0.3 is 11.9 Å². The summed E-state index contributed by atoms with van der Waals surface area (Å²) < 4.78 is 18.0. The van der Waals surface area contributed by atoms with Crippen LogP contribution in [0.3, 0.4) is 0 Å². The van der Waals surface area contributed by atoms with E-state index in [1.165, 1.54) is 6.92 Å². The number of pyridine rings is 2. The third-order valence-corrected chi connectivity index (χ3v) is 8.37. The molecular weight excluding hydrogens is 536 g/mol. The quantitative estimate of drug-likeness (QED) is 0.279. The number of ether oxygens (including phenoxy) is 3. The van der Waals surface area contributed by atoms with E-state index in [-0.39, 0.29) is 18.6 Å². The lowest BCUT2D eigenvalue weighted by Crippen LogP contribution is -2.47. The summed E-state index contributed by atoms with van der Waals surface area (Å²) in [6, 6.07) is 15.6. The summed E-state index contributed by atoms with van der Waals surface area (Å²) in [4.78, 5) is 50.9. The molecule has 2 aromatic carbocycles. The fourth-order valence-electron chi connectivity index (χ4n) is 6.32. The van der Waals surface area contributed by atoms with Crippen molar-refractivity contribution in [2.75, 3.05) is 18.6 Å². The number of hydrogen-bond acceptors (Lipinski definition) is 9. The average molecular weight is 565 g/mol. The van der Waals surface area contributed by atoms with Crippen LogP contribution in [0.1, 0.15) is 42.5 Å². The van der Waals surface area contributed by atoms with Crippen LogP contribution in [0.15, 0.2) is 58.3 Å². The zero-order valence-electron chi connectivity index (χ0n) is 23.5. The Morgan fingerprint density at radius 3 is 2.67 bits per heavy atom. The molecule has 5 heterocycles. The molecule has 0 saturated heterocycles. The minimum atomic E-state index is -1.69. The summed E-state index contributed by atoms with van der Waals surface area (Å²) in [5.41, 5.74) is 4.53. The second-order valence-electron chi connectivity index (χ2n) is 10.7. The molecule has 1 atom stereocenters. The van der Waals surface area contributed by atoms with Crippen LogP contribution in [0.2, 0.25) is 0 Å². The highest BCUT2D eigenvalue weighted by Crippen LogP contribution is 2.47. The standard InChI is InChI=1S/C32H28N4O6/c1-4-32(42-18(2)37)23-14-26-28-21(15-36(26)30(38)22(23)16-41-31(32)39)29-27-24(6-5-7-25(27)34-28)33-17-35(29)13-12-19-8-10-20(40-3)11-9-19/h5-11,14,17H,4,12-13,15-16H2,1-3H3/t32-/m0/s1. The fraction of sp³-hybridized carbons (Fsp3) is 0.281. The van der Waals surface area contributed by atoms with Crippen molar-refractivity contribution < 1.29 is 23.8 Å². The Morgan fingerprint density at radius 1 is 1.12 bits per heavy atom. The molecule has 4 aromatic rings. The number of anilines is 1. The number of carbonyl (C=O) groups excluding carboxylic acids is 2. The molecule has 0 unspecified atom stereocenters. The van der Waals surface area contributed by atoms with Gasteiger partial charge in [0.15, 0.2) is 0 Å². The molecule has 0 spiro atoms. The van der Waals surface area contributed by atoms with Crippen molar-refractivity contribution in [2.24, 2.45) is 4.99 Å². The first kappa shape index (κ1) is 25.9. The molecule has 42 heavy (non-hydrogen) atoms. The van der Waals surface area contributed by atoms with Crippen LogP contribution >= 0.6 is 0 Å². The van der Waals surface area contributed by atoms with Gasteiger partial charge in [-0.05, 0) is 48.7 Å². The number of aliphatic imine (C=N–C) groups is 1. The van der Waals surface area contributed by atoms with Crippen molar-refractivity contribution in [2.45, 2.75) is 45.4 Å². The maximum absolute atomic E-state index is 13.9. The number of esters is 2. The Bertz CT molecular complexity index is 1890. The monoisotopic (exact) mass is 564 g/mol. The first-order chi connectivity index (χ1) is 20.3. The molecule has 3 aliphatic heterocycles. The average Bonchev–Trinajstić information content (AvgIpc) is 3.37. The number of aromatic nitrogens is 2. The highest BCUT2D eigenvalue weighted by Gasteiger charge is 2.50. The van der Waals surface area contributed by atoms with Gasteiger partial charge in [-0.3, -0.25) is 9.59 Å². The molecule has 3 aliphatic rings. The van der Waals surface area contributed by atoms with E-state index >= 15 is 0 Å². The molecule has 0 aliphatic carbocycles. The van der Waals surface area contributed by atoms with E-state index in [2.05, 4.69) is 4.90 Å². The molecule has 7 rings (SSSR count). The number of cyclic esters (lactones) is 1. The topological polar surface area (TPSA) is 112 Å². The number of rotatable bonds is 6. The van der Waals surface area contributed by atoms with Gasteiger partial charge in [-0.15, -0.1) is 0 Å². The van der Waals surface area contributed by atoms with Crippen LogP contribution in [0.4, 0.5) is 11.4 Å². The lowest BCUT2D eigenvalue weighted by atomic mass is 9.85. The molecular formula is C32H28N4O6. The molecule has 2 aromatic heterocycles. The smallest absolute Gasteiger partial charge is 0.355 e. The first-order valence-electron chi connectivity index (χ1n) is 13.9. The van der Waals surface area contributed by atoms with E-state index in [4.69, 9.17) is 24.2 Å². The largest absolute Gasteiger partial charge is 0.497 e. The molecule has 0 radical (unpaired) electrons. The number of fused-ring (bicyclic) bond motifs is 5. The van der Waals surface area contributed by atoms with E-state index in [0.29, 0.717) is 35.6 Å². The third-order valence-electron chi connectivity index (χ3n) is 8.37. The Kier molecular flexibility index (Phi) is 5.89. The fourth-order valence-corrected chi connectivity index (χ4v) is 6.32. The van der Waals surface area contributed by atoms with E-state index < -0.39 is 17.5 Å². The molecule has 0 N–H and O–H groups in total. The lowest BCUT2D eigenvalue weighted by molar-refractivity contribution is -0.188. The highest BCUT2D eigenvalue weighted by molar-refractivity contribution is 6.11. The number of hydrogen-bond donors (Lipinski definition) is 0. The van der Waals surface area contributed by atoms with Crippen LogP contribution in [-0.4, -0.2) is 41.5 Å². The molecule has 0 amide bonds. The minimum Gasteiger partial charge on any atom is -0.497 e. The van der Waals surface area contributed by atoms with Crippen LogP contribution in [0.5, 0.6) is 5.75 Å². The summed E-state index contributed by atoms with van der Waals surface area (Å²) in [7, 11) is 1.65. The van der Waals surface area contributed by atoms with Gasteiger partial charge in [0.1, 0.15) is 12.4 Å². The van der Waals surface area contributed by atoms with Gasteiger partial charge in [0.25, 0.3) is 5.56 Å². The van der Waals surface area contributed by atoms with Gasteiger partial charge in [-0.1, -0.05) is 25.1 Å². The van der Waals surface area contributed by atoms with Crippen molar-refractivity contribution in [1.29, 1.82) is 0 Å². The Morgan fingerprint density at radius 2 is 1.93 bits per heavy atom. The van der Waals surface area contributed by atoms with Crippen molar-refractivity contribution in [1.82, 2.24) is 9.55 Å². The van der Waals surface area contributed by atoms with Gasteiger partial charge in [-0.25, -0.2) is 14.8 Å². The molecule has 0 saturated carbocycles. The SMILES string of the molecule is CC[C@@]1(OC(C)=O)C(=O)OCc2c1cc1n(c2=O)Cc2c-1nc1cccc3c1c2N(CCc1ccc(OC)cc1)C=N3. The van der Waals surface area contributed by atoms with Crippen LogP contribution in [0, 0.1) is 0 Å². The third kappa shape index (κ3) is 3.74. The minimum absolute atomic E-state index is 0.128. The Balaban J connectivity index is 1.38. The summed E-state index contributed by atoms with van der Waals surface area (Å²) in [5.74, 6) is -0.502. The lowest BCUT2D eigenvalue weighted by Gasteiger charge is -2.35. The normalized spacial score (nSPS) is 17.9. The second kappa shape index (κ2) is 9.54. The van der Waals surface area contributed by atoms with E-state index in [1.807, 2.05) is 48.8 Å². The second-order valence-corrected chi connectivity index (χ2v) is 10.7. The van der Waals surface area contributed by atoms with Gasteiger partial charge in [0.2, 0.25) is 5.60 Å². The van der Waals surface area contributed by atoms with Gasteiger partial charge in [0, 0.05) is 24.6 Å². The molecule has 212 valence electrons. The molecule has 10 nitrogen and oxygen atoms in total. The maximum Gasteiger partial charge on any atom is 0.355 e. The van der Waals surface area contributed by atoms with E-state index in [1.54, 1.807) is 24.7 Å². The highest BCUT2D eigenvalue weighted by atomic mass is 16.6.